The SMILES string of the molecule is C#CCCNc1cccc(C)c1Cl. The van der Waals surface area contributed by atoms with Crippen molar-refractivity contribution in [1.82, 2.24) is 0 Å². The van der Waals surface area contributed by atoms with E-state index in [0.717, 1.165) is 22.8 Å². The van der Waals surface area contributed by atoms with E-state index in [9.17, 15) is 0 Å². The monoisotopic (exact) mass is 193 g/mol. The molecule has 0 radical (unpaired) electrons. The number of benzene rings is 1. The highest BCUT2D eigenvalue weighted by Gasteiger charge is 2.00. The Morgan fingerprint density at radius 1 is 1.54 bits per heavy atom. The Morgan fingerprint density at radius 2 is 2.31 bits per heavy atom. The average Bonchev–Trinajstić information content (AvgIpc) is 2.13. The van der Waals surface area contributed by atoms with E-state index < -0.39 is 0 Å². The predicted molar refractivity (Wildman–Crippen MR) is 58.1 cm³/mol. The van der Waals surface area contributed by atoms with Crippen LogP contribution in [0, 0.1) is 19.3 Å². The number of hydrogen-bond acceptors (Lipinski definition) is 1. The normalized spacial score (nSPS) is 9.31. The summed E-state index contributed by atoms with van der Waals surface area (Å²) in [6, 6.07) is 5.90. The van der Waals surface area contributed by atoms with Gasteiger partial charge in [0.25, 0.3) is 0 Å². The maximum absolute atomic E-state index is 6.06. The Bertz CT molecular complexity index is 325. The number of anilines is 1. The van der Waals surface area contributed by atoms with Gasteiger partial charge in [0.1, 0.15) is 0 Å². The molecule has 0 saturated carbocycles. The second-order valence-corrected chi connectivity index (χ2v) is 3.20. The van der Waals surface area contributed by atoms with Crippen LogP contribution < -0.4 is 5.32 Å². The number of rotatable bonds is 3. The fraction of sp³-hybridized carbons (Fsp3) is 0.273. The summed E-state index contributed by atoms with van der Waals surface area (Å²) >= 11 is 6.06. The van der Waals surface area contributed by atoms with Crippen LogP contribution in [0.2, 0.25) is 5.02 Å². The van der Waals surface area contributed by atoms with Gasteiger partial charge in [-0.15, -0.1) is 12.3 Å². The molecule has 1 N–H and O–H groups in total. The molecular weight excluding hydrogens is 182 g/mol. The smallest absolute Gasteiger partial charge is 0.0666 e. The van der Waals surface area contributed by atoms with E-state index in [-0.39, 0.29) is 0 Å². The van der Waals surface area contributed by atoms with Gasteiger partial charge < -0.3 is 5.32 Å². The lowest BCUT2D eigenvalue weighted by atomic mass is 10.2. The summed E-state index contributed by atoms with van der Waals surface area (Å²) in [6.07, 6.45) is 5.85. The maximum atomic E-state index is 6.06. The van der Waals surface area contributed by atoms with Crippen LogP contribution in [-0.4, -0.2) is 6.54 Å². The largest absolute Gasteiger partial charge is 0.383 e. The van der Waals surface area contributed by atoms with Crippen LogP contribution >= 0.6 is 11.6 Å². The second-order valence-electron chi connectivity index (χ2n) is 2.82. The zero-order valence-corrected chi connectivity index (χ0v) is 8.36. The first-order chi connectivity index (χ1) is 6.25. The van der Waals surface area contributed by atoms with E-state index in [1.54, 1.807) is 0 Å². The van der Waals surface area contributed by atoms with E-state index in [1.807, 2.05) is 25.1 Å². The summed E-state index contributed by atoms with van der Waals surface area (Å²) in [7, 11) is 0. The standard InChI is InChI=1S/C11H12ClN/c1-3-4-8-13-10-7-5-6-9(2)11(10)12/h1,5-7,13H,4,8H2,2H3. The lowest BCUT2D eigenvalue weighted by Gasteiger charge is -2.07. The van der Waals surface area contributed by atoms with Crippen LogP contribution in [0.5, 0.6) is 0 Å². The molecule has 1 aromatic rings. The summed E-state index contributed by atoms with van der Waals surface area (Å²) in [5, 5.41) is 3.96. The third-order valence-corrected chi connectivity index (χ3v) is 2.28. The molecule has 0 fully saturated rings. The first-order valence-corrected chi connectivity index (χ1v) is 4.56. The molecular formula is C11H12ClN. The van der Waals surface area contributed by atoms with E-state index in [2.05, 4.69) is 11.2 Å². The van der Waals surface area contributed by atoms with E-state index in [0.29, 0.717) is 6.42 Å². The molecule has 68 valence electrons. The summed E-state index contributed by atoms with van der Waals surface area (Å²) < 4.78 is 0. The van der Waals surface area contributed by atoms with Crippen LogP contribution in [0.25, 0.3) is 0 Å². The second kappa shape index (κ2) is 4.79. The van der Waals surface area contributed by atoms with Crippen molar-refractivity contribution in [1.29, 1.82) is 0 Å². The highest BCUT2D eigenvalue weighted by atomic mass is 35.5. The summed E-state index contributed by atoms with van der Waals surface area (Å²) in [4.78, 5) is 0. The molecule has 0 unspecified atom stereocenters. The van der Waals surface area contributed by atoms with E-state index >= 15 is 0 Å². The van der Waals surface area contributed by atoms with Crippen molar-refractivity contribution < 1.29 is 0 Å². The number of hydrogen-bond donors (Lipinski definition) is 1. The first kappa shape index (κ1) is 9.95. The third kappa shape index (κ3) is 2.68. The van der Waals surface area contributed by atoms with E-state index in [4.69, 9.17) is 18.0 Å². The molecule has 0 atom stereocenters. The molecule has 0 aliphatic rings. The van der Waals surface area contributed by atoms with Gasteiger partial charge in [0.05, 0.1) is 10.7 Å². The number of terminal acetylenes is 1. The van der Waals surface area contributed by atoms with Crippen molar-refractivity contribution in [2.24, 2.45) is 0 Å². The van der Waals surface area contributed by atoms with Crippen molar-refractivity contribution in [3.8, 4) is 12.3 Å². The van der Waals surface area contributed by atoms with Crippen LogP contribution in [0.15, 0.2) is 18.2 Å². The molecule has 13 heavy (non-hydrogen) atoms. The predicted octanol–water partition coefficient (Wildman–Crippen LogP) is 3.08. The Morgan fingerprint density at radius 3 is 3.00 bits per heavy atom. The molecule has 0 aromatic heterocycles. The van der Waals surface area contributed by atoms with Gasteiger partial charge in [0.2, 0.25) is 0 Å². The van der Waals surface area contributed by atoms with Gasteiger partial charge in [0, 0.05) is 13.0 Å². The molecule has 0 bridgehead atoms. The third-order valence-electron chi connectivity index (χ3n) is 1.78. The summed E-state index contributed by atoms with van der Waals surface area (Å²) in [6.45, 7) is 2.74. The quantitative estimate of drug-likeness (QED) is 0.575. The van der Waals surface area contributed by atoms with Gasteiger partial charge >= 0.3 is 0 Å². The molecule has 0 heterocycles. The van der Waals surface area contributed by atoms with Crippen molar-refractivity contribution in [2.75, 3.05) is 11.9 Å². The molecule has 0 aliphatic heterocycles. The highest BCUT2D eigenvalue weighted by molar-refractivity contribution is 6.33. The fourth-order valence-corrected chi connectivity index (χ4v) is 1.25. The Kier molecular flexibility index (Phi) is 3.67. The van der Waals surface area contributed by atoms with Gasteiger partial charge in [-0.3, -0.25) is 0 Å². The van der Waals surface area contributed by atoms with E-state index in [1.165, 1.54) is 0 Å². The zero-order valence-electron chi connectivity index (χ0n) is 7.60. The molecule has 1 aromatic carbocycles. The molecule has 2 heteroatoms. The fourth-order valence-electron chi connectivity index (χ4n) is 1.05. The average molecular weight is 194 g/mol. The molecule has 0 saturated heterocycles. The number of nitrogens with one attached hydrogen (secondary N) is 1. The lowest BCUT2D eigenvalue weighted by Crippen LogP contribution is -2.01. The van der Waals surface area contributed by atoms with Crippen molar-refractivity contribution in [3.05, 3.63) is 28.8 Å². The minimum Gasteiger partial charge on any atom is -0.383 e. The van der Waals surface area contributed by atoms with Crippen molar-refractivity contribution in [3.63, 3.8) is 0 Å². The molecule has 0 aliphatic carbocycles. The van der Waals surface area contributed by atoms with Gasteiger partial charge in [-0.25, -0.2) is 0 Å². The Labute approximate surface area is 84.1 Å². The van der Waals surface area contributed by atoms with Gasteiger partial charge in [-0.2, -0.15) is 0 Å². The molecule has 0 amide bonds. The topological polar surface area (TPSA) is 12.0 Å². The molecule has 1 rings (SSSR count). The van der Waals surface area contributed by atoms with Crippen molar-refractivity contribution >= 4 is 17.3 Å². The van der Waals surface area contributed by atoms with Gasteiger partial charge in [-0.1, -0.05) is 23.7 Å². The Hall–Kier alpha value is -1.13. The zero-order chi connectivity index (χ0) is 9.68. The minimum absolute atomic E-state index is 0.713. The van der Waals surface area contributed by atoms with Gasteiger partial charge in [-0.05, 0) is 18.6 Å². The minimum atomic E-state index is 0.713. The summed E-state index contributed by atoms with van der Waals surface area (Å²) in [5.41, 5.74) is 2.03. The lowest BCUT2D eigenvalue weighted by molar-refractivity contribution is 1.10. The van der Waals surface area contributed by atoms with Crippen LogP contribution in [0.3, 0.4) is 0 Å². The van der Waals surface area contributed by atoms with Crippen molar-refractivity contribution in [2.45, 2.75) is 13.3 Å². The highest BCUT2D eigenvalue weighted by Crippen LogP contribution is 2.24. The summed E-state index contributed by atoms with van der Waals surface area (Å²) in [5.74, 6) is 2.57. The maximum Gasteiger partial charge on any atom is 0.0666 e. The first-order valence-electron chi connectivity index (χ1n) is 4.18. The van der Waals surface area contributed by atoms with Crippen LogP contribution in [0.4, 0.5) is 5.69 Å². The van der Waals surface area contributed by atoms with Crippen LogP contribution in [-0.2, 0) is 0 Å². The molecule has 0 spiro atoms. The van der Waals surface area contributed by atoms with Gasteiger partial charge in [0.15, 0.2) is 0 Å². The van der Waals surface area contributed by atoms with Crippen LogP contribution in [0.1, 0.15) is 12.0 Å². The Balaban J connectivity index is 2.67. The number of aryl methyl sites for hydroxylation is 1. The molecule has 1 nitrogen and oxygen atoms in total. The number of halogens is 1.